The van der Waals surface area contributed by atoms with Gasteiger partial charge < -0.3 is 10.6 Å². The van der Waals surface area contributed by atoms with Gasteiger partial charge in [0.1, 0.15) is 0 Å². The number of hydrogen-bond donors (Lipinski definition) is 1. The predicted molar refractivity (Wildman–Crippen MR) is 67.6 cm³/mol. The van der Waals surface area contributed by atoms with E-state index in [0.717, 1.165) is 30.9 Å². The van der Waals surface area contributed by atoms with E-state index in [4.69, 9.17) is 5.73 Å². The highest BCUT2D eigenvalue weighted by atomic mass is 15.2. The minimum atomic E-state index is -0.134. The molecular formula is C12H22N4. The summed E-state index contributed by atoms with van der Waals surface area (Å²) < 4.78 is 0. The Morgan fingerprint density at radius 2 is 2.00 bits per heavy atom. The number of aromatic nitrogens is 2. The van der Waals surface area contributed by atoms with Crippen molar-refractivity contribution >= 4 is 5.82 Å². The van der Waals surface area contributed by atoms with Crippen LogP contribution in [0.3, 0.4) is 0 Å². The number of hydrogen-bond acceptors (Lipinski definition) is 4. The normalized spacial score (nSPS) is 11.6. The Morgan fingerprint density at radius 3 is 2.44 bits per heavy atom. The molecule has 1 aromatic rings. The van der Waals surface area contributed by atoms with E-state index in [2.05, 4.69) is 22.0 Å². The first-order valence-electron chi connectivity index (χ1n) is 5.75. The number of nitrogens with two attached hydrogens (primary N) is 1. The van der Waals surface area contributed by atoms with Gasteiger partial charge >= 0.3 is 0 Å². The molecule has 0 saturated carbocycles. The van der Waals surface area contributed by atoms with Crippen LogP contribution in [0.15, 0.2) is 12.1 Å². The van der Waals surface area contributed by atoms with Crippen LogP contribution in [0.2, 0.25) is 0 Å². The summed E-state index contributed by atoms with van der Waals surface area (Å²) in [4.78, 5) is 2.08. The Kier molecular flexibility index (Phi) is 4.24. The van der Waals surface area contributed by atoms with E-state index in [1.165, 1.54) is 0 Å². The van der Waals surface area contributed by atoms with Gasteiger partial charge in [-0.15, -0.1) is 5.10 Å². The van der Waals surface area contributed by atoms with Gasteiger partial charge in [0, 0.05) is 19.1 Å². The molecule has 0 aliphatic rings. The van der Waals surface area contributed by atoms with Crippen molar-refractivity contribution in [3.8, 4) is 0 Å². The molecule has 0 aromatic carbocycles. The molecule has 0 bridgehead atoms. The molecule has 1 aromatic heterocycles. The van der Waals surface area contributed by atoms with E-state index < -0.39 is 0 Å². The van der Waals surface area contributed by atoms with Gasteiger partial charge in [-0.3, -0.25) is 0 Å². The molecule has 0 unspecified atom stereocenters. The van der Waals surface area contributed by atoms with E-state index in [1.807, 2.05) is 33.0 Å². The van der Waals surface area contributed by atoms with Crippen LogP contribution in [-0.4, -0.2) is 29.3 Å². The molecule has 1 heterocycles. The first-order chi connectivity index (χ1) is 7.42. The highest BCUT2D eigenvalue weighted by Crippen LogP contribution is 2.11. The highest BCUT2D eigenvalue weighted by molar-refractivity contribution is 5.35. The maximum Gasteiger partial charge on any atom is 0.150 e. The molecule has 4 heteroatoms. The molecule has 1 rings (SSSR count). The average Bonchev–Trinajstić information content (AvgIpc) is 2.25. The third-order valence-corrected chi connectivity index (χ3v) is 2.55. The Hall–Kier alpha value is -1.16. The quantitative estimate of drug-likeness (QED) is 0.822. The van der Waals surface area contributed by atoms with Crippen molar-refractivity contribution in [2.75, 3.05) is 18.5 Å². The van der Waals surface area contributed by atoms with Gasteiger partial charge in [0.2, 0.25) is 0 Å². The summed E-state index contributed by atoms with van der Waals surface area (Å²) in [5.41, 5.74) is 6.84. The van der Waals surface area contributed by atoms with E-state index in [0.29, 0.717) is 0 Å². The molecule has 0 radical (unpaired) electrons. The summed E-state index contributed by atoms with van der Waals surface area (Å²) in [6.07, 6.45) is 1.85. The van der Waals surface area contributed by atoms with Gasteiger partial charge in [-0.1, -0.05) is 6.92 Å². The predicted octanol–water partition coefficient (Wildman–Crippen LogP) is 1.60. The first kappa shape index (κ1) is 12.9. The zero-order valence-electron chi connectivity index (χ0n) is 10.7. The van der Waals surface area contributed by atoms with Gasteiger partial charge in [-0.25, -0.2) is 0 Å². The lowest BCUT2D eigenvalue weighted by Gasteiger charge is -2.24. The second-order valence-corrected chi connectivity index (χ2v) is 4.90. The van der Waals surface area contributed by atoms with Gasteiger partial charge in [0.05, 0.1) is 5.69 Å². The van der Waals surface area contributed by atoms with Crippen molar-refractivity contribution in [2.45, 2.75) is 39.2 Å². The molecule has 2 N–H and O–H groups in total. The zero-order valence-corrected chi connectivity index (χ0v) is 10.7. The van der Waals surface area contributed by atoms with Gasteiger partial charge in [-0.05, 0) is 38.8 Å². The van der Waals surface area contributed by atoms with Crippen LogP contribution in [0, 0.1) is 0 Å². The lowest BCUT2D eigenvalue weighted by atomic mass is 10.0. The van der Waals surface area contributed by atoms with Crippen LogP contribution in [0.1, 0.15) is 32.9 Å². The van der Waals surface area contributed by atoms with E-state index in [9.17, 15) is 0 Å². The number of nitrogens with zero attached hydrogens (tertiary/aromatic N) is 3. The second-order valence-electron chi connectivity index (χ2n) is 4.90. The monoisotopic (exact) mass is 222 g/mol. The van der Waals surface area contributed by atoms with Crippen LogP contribution in [0.5, 0.6) is 0 Å². The smallest absolute Gasteiger partial charge is 0.150 e. The van der Waals surface area contributed by atoms with Crippen molar-refractivity contribution in [3.05, 3.63) is 17.8 Å². The molecule has 0 atom stereocenters. The Labute approximate surface area is 97.9 Å². The van der Waals surface area contributed by atoms with Crippen molar-refractivity contribution < 1.29 is 0 Å². The molecule has 0 fully saturated rings. The number of aryl methyl sites for hydroxylation is 1. The van der Waals surface area contributed by atoms with Crippen LogP contribution in [0.25, 0.3) is 0 Å². The van der Waals surface area contributed by atoms with E-state index >= 15 is 0 Å². The average molecular weight is 222 g/mol. The minimum Gasteiger partial charge on any atom is -0.358 e. The fourth-order valence-electron chi connectivity index (χ4n) is 1.32. The number of rotatable bonds is 5. The molecular weight excluding hydrogens is 200 g/mol. The minimum absolute atomic E-state index is 0.134. The van der Waals surface area contributed by atoms with Gasteiger partial charge in [-0.2, -0.15) is 5.10 Å². The van der Waals surface area contributed by atoms with Crippen LogP contribution < -0.4 is 10.6 Å². The van der Waals surface area contributed by atoms with Gasteiger partial charge in [0.15, 0.2) is 5.82 Å². The lowest BCUT2D eigenvalue weighted by molar-refractivity contribution is 0.478. The zero-order chi connectivity index (χ0) is 12.2. The lowest BCUT2D eigenvalue weighted by Crippen LogP contribution is -2.36. The summed E-state index contributed by atoms with van der Waals surface area (Å²) in [5, 5.41) is 8.32. The van der Waals surface area contributed by atoms with Crippen molar-refractivity contribution in [1.82, 2.24) is 10.2 Å². The second kappa shape index (κ2) is 5.25. The van der Waals surface area contributed by atoms with Crippen LogP contribution >= 0.6 is 0 Å². The Balaban J connectivity index is 2.56. The summed E-state index contributed by atoms with van der Waals surface area (Å²) in [5.74, 6) is 0.904. The Bertz CT molecular complexity index is 313. The highest BCUT2D eigenvalue weighted by Gasteiger charge is 2.12. The summed E-state index contributed by atoms with van der Waals surface area (Å²) >= 11 is 0. The Morgan fingerprint density at radius 1 is 1.31 bits per heavy atom. The van der Waals surface area contributed by atoms with E-state index in [-0.39, 0.29) is 5.54 Å². The molecule has 90 valence electrons. The standard InChI is InChI=1S/C12H22N4/c1-5-10-6-7-11(15-14-10)16(4)9-8-12(2,3)13/h6-7H,5,8-9,13H2,1-4H3. The fraction of sp³-hybridized carbons (Fsp3) is 0.667. The third kappa shape index (κ3) is 4.14. The third-order valence-electron chi connectivity index (χ3n) is 2.55. The summed E-state index contributed by atoms with van der Waals surface area (Å²) in [6.45, 7) is 7.04. The summed E-state index contributed by atoms with van der Waals surface area (Å²) in [6, 6.07) is 4.03. The van der Waals surface area contributed by atoms with Crippen molar-refractivity contribution in [3.63, 3.8) is 0 Å². The molecule has 0 saturated heterocycles. The van der Waals surface area contributed by atoms with Crippen molar-refractivity contribution in [2.24, 2.45) is 5.73 Å². The molecule has 16 heavy (non-hydrogen) atoms. The SMILES string of the molecule is CCc1ccc(N(C)CCC(C)(C)N)nn1. The van der Waals surface area contributed by atoms with Crippen LogP contribution in [-0.2, 0) is 6.42 Å². The topological polar surface area (TPSA) is 55.0 Å². The van der Waals surface area contributed by atoms with E-state index in [1.54, 1.807) is 0 Å². The first-order valence-corrected chi connectivity index (χ1v) is 5.75. The number of anilines is 1. The molecule has 0 spiro atoms. The molecule has 0 aliphatic carbocycles. The maximum absolute atomic E-state index is 5.94. The van der Waals surface area contributed by atoms with Crippen molar-refractivity contribution in [1.29, 1.82) is 0 Å². The van der Waals surface area contributed by atoms with Gasteiger partial charge in [0.25, 0.3) is 0 Å². The fourth-order valence-corrected chi connectivity index (χ4v) is 1.32. The summed E-state index contributed by atoms with van der Waals surface area (Å²) in [7, 11) is 2.02. The molecule has 0 aliphatic heterocycles. The largest absolute Gasteiger partial charge is 0.358 e. The molecule has 0 amide bonds. The maximum atomic E-state index is 5.94. The van der Waals surface area contributed by atoms with Crippen LogP contribution in [0.4, 0.5) is 5.82 Å². The molecule has 4 nitrogen and oxygen atoms in total.